The second kappa shape index (κ2) is 6.35. The fraction of sp³-hybridized carbons (Fsp3) is 0.100. The Bertz CT molecular complexity index is 767. The summed E-state index contributed by atoms with van der Waals surface area (Å²) in [5, 5.41) is 0. The highest BCUT2D eigenvalue weighted by molar-refractivity contribution is 5.68. The molecule has 2 nitrogen and oxygen atoms in total. The first-order valence-electron chi connectivity index (χ1n) is 7.34. The van der Waals surface area contributed by atoms with Gasteiger partial charge >= 0.3 is 0 Å². The molecule has 22 heavy (non-hydrogen) atoms. The lowest BCUT2D eigenvalue weighted by Crippen LogP contribution is -1.88. The highest BCUT2D eigenvalue weighted by atomic mass is 14.8. The highest BCUT2D eigenvalue weighted by Crippen LogP contribution is 2.18. The molecule has 0 radical (unpaired) electrons. The lowest BCUT2D eigenvalue weighted by atomic mass is 10.1. The van der Waals surface area contributed by atoms with Crippen molar-refractivity contribution in [3.63, 3.8) is 0 Å². The van der Waals surface area contributed by atoms with Gasteiger partial charge in [-0.05, 0) is 31.1 Å². The normalized spacial score (nSPS) is 11.0. The summed E-state index contributed by atoms with van der Waals surface area (Å²) in [5.41, 5.74) is 5.84. The highest BCUT2D eigenvalue weighted by Gasteiger charge is 1.99. The Morgan fingerprint density at radius 3 is 1.77 bits per heavy atom. The second-order valence-corrected chi connectivity index (χ2v) is 5.44. The molecule has 0 aliphatic heterocycles. The van der Waals surface area contributed by atoms with E-state index in [9.17, 15) is 0 Å². The van der Waals surface area contributed by atoms with Crippen LogP contribution < -0.4 is 0 Å². The van der Waals surface area contributed by atoms with Gasteiger partial charge in [0.1, 0.15) is 0 Å². The number of aryl methyl sites for hydroxylation is 2. The van der Waals surface area contributed by atoms with Gasteiger partial charge in [-0.2, -0.15) is 0 Å². The molecule has 0 saturated carbocycles. The molecule has 1 heterocycles. The van der Waals surface area contributed by atoms with Crippen molar-refractivity contribution in [2.75, 3.05) is 0 Å². The third-order valence-electron chi connectivity index (χ3n) is 3.56. The standard InChI is InChI=1S/C20H18N2/c1-15-3-7-17(8-4-15)9-12-20-21-13-19(14-22-20)18-10-5-16(2)6-11-18/h3-14H,1-2H3/b12-9+. The summed E-state index contributed by atoms with van der Waals surface area (Å²) in [7, 11) is 0. The Hall–Kier alpha value is -2.74. The van der Waals surface area contributed by atoms with Crippen LogP contribution in [0.4, 0.5) is 0 Å². The van der Waals surface area contributed by atoms with E-state index in [0.717, 1.165) is 22.5 Å². The van der Waals surface area contributed by atoms with E-state index in [4.69, 9.17) is 0 Å². The van der Waals surface area contributed by atoms with Gasteiger partial charge < -0.3 is 0 Å². The van der Waals surface area contributed by atoms with Crippen LogP contribution in [0.3, 0.4) is 0 Å². The number of nitrogens with zero attached hydrogens (tertiary/aromatic N) is 2. The second-order valence-electron chi connectivity index (χ2n) is 5.44. The van der Waals surface area contributed by atoms with Crippen LogP contribution in [0, 0.1) is 13.8 Å². The van der Waals surface area contributed by atoms with E-state index in [1.54, 1.807) is 0 Å². The van der Waals surface area contributed by atoms with Gasteiger partial charge in [0.15, 0.2) is 5.82 Å². The molecule has 108 valence electrons. The Morgan fingerprint density at radius 2 is 1.18 bits per heavy atom. The van der Waals surface area contributed by atoms with Crippen molar-refractivity contribution in [1.29, 1.82) is 0 Å². The summed E-state index contributed by atoms with van der Waals surface area (Å²) >= 11 is 0. The topological polar surface area (TPSA) is 25.8 Å². The van der Waals surface area contributed by atoms with E-state index in [0.29, 0.717) is 0 Å². The number of rotatable bonds is 3. The van der Waals surface area contributed by atoms with Crippen LogP contribution in [-0.2, 0) is 0 Å². The van der Waals surface area contributed by atoms with E-state index < -0.39 is 0 Å². The zero-order chi connectivity index (χ0) is 15.4. The molecule has 3 aromatic rings. The van der Waals surface area contributed by atoms with Crippen LogP contribution in [0.25, 0.3) is 23.3 Å². The van der Waals surface area contributed by atoms with Gasteiger partial charge in [0.2, 0.25) is 0 Å². The molecule has 0 fully saturated rings. The minimum atomic E-state index is 0.719. The predicted molar refractivity (Wildman–Crippen MR) is 92.3 cm³/mol. The fourth-order valence-electron chi connectivity index (χ4n) is 2.17. The van der Waals surface area contributed by atoms with Crippen molar-refractivity contribution in [3.05, 3.63) is 83.4 Å². The quantitative estimate of drug-likeness (QED) is 0.682. The van der Waals surface area contributed by atoms with Crippen molar-refractivity contribution in [2.45, 2.75) is 13.8 Å². The fourth-order valence-corrected chi connectivity index (χ4v) is 2.17. The number of hydrogen-bond donors (Lipinski definition) is 0. The molecule has 0 N–H and O–H groups in total. The minimum Gasteiger partial charge on any atom is -0.236 e. The number of benzene rings is 2. The molecule has 0 aliphatic rings. The zero-order valence-electron chi connectivity index (χ0n) is 12.8. The average molecular weight is 286 g/mol. The van der Waals surface area contributed by atoms with Crippen LogP contribution in [0.1, 0.15) is 22.5 Å². The third kappa shape index (κ3) is 3.47. The van der Waals surface area contributed by atoms with Crippen molar-refractivity contribution >= 4 is 12.2 Å². The van der Waals surface area contributed by atoms with Crippen molar-refractivity contribution in [1.82, 2.24) is 9.97 Å². The lowest BCUT2D eigenvalue weighted by Gasteiger charge is -2.01. The van der Waals surface area contributed by atoms with Gasteiger partial charge in [-0.25, -0.2) is 9.97 Å². The molecule has 3 rings (SSSR count). The summed E-state index contributed by atoms with van der Waals surface area (Å²) in [6, 6.07) is 16.8. The van der Waals surface area contributed by atoms with Crippen LogP contribution in [0.5, 0.6) is 0 Å². The van der Waals surface area contributed by atoms with E-state index in [1.165, 1.54) is 11.1 Å². The molecule has 0 atom stereocenters. The molecule has 2 heteroatoms. The molecule has 0 aliphatic carbocycles. The molecular weight excluding hydrogens is 268 g/mol. The van der Waals surface area contributed by atoms with Crippen molar-refractivity contribution < 1.29 is 0 Å². The number of aromatic nitrogens is 2. The monoisotopic (exact) mass is 286 g/mol. The molecule has 0 amide bonds. The van der Waals surface area contributed by atoms with Gasteiger partial charge in [-0.3, -0.25) is 0 Å². The minimum absolute atomic E-state index is 0.719. The van der Waals surface area contributed by atoms with Crippen LogP contribution in [0.2, 0.25) is 0 Å². The Kier molecular flexibility index (Phi) is 4.10. The van der Waals surface area contributed by atoms with Crippen LogP contribution >= 0.6 is 0 Å². The van der Waals surface area contributed by atoms with Gasteiger partial charge in [0.05, 0.1) is 0 Å². The lowest BCUT2D eigenvalue weighted by molar-refractivity contribution is 1.14. The predicted octanol–water partition coefficient (Wildman–Crippen LogP) is 4.93. The van der Waals surface area contributed by atoms with Gasteiger partial charge in [-0.1, -0.05) is 65.7 Å². The maximum atomic E-state index is 4.41. The maximum Gasteiger partial charge on any atom is 0.151 e. The molecule has 2 aromatic carbocycles. The van der Waals surface area contributed by atoms with Gasteiger partial charge in [0.25, 0.3) is 0 Å². The van der Waals surface area contributed by atoms with E-state index in [2.05, 4.69) is 72.3 Å². The summed E-state index contributed by atoms with van der Waals surface area (Å²) in [4.78, 5) is 8.82. The molecule has 0 saturated heterocycles. The van der Waals surface area contributed by atoms with Crippen molar-refractivity contribution in [3.8, 4) is 11.1 Å². The van der Waals surface area contributed by atoms with Gasteiger partial charge in [-0.15, -0.1) is 0 Å². The molecule has 0 bridgehead atoms. The molecule has 0 spiro atoms. The summed E-state index contributed by atoms with van der Waals surface area (Å²) in [5.74, 6) is 0.719. The maximum absolute atomic E-state index is 4.41. The summed E-state index contributed by atoms with van der Waals surface area (Å²) in [6.45, 7) is 4.17. The van der Waals surface area contributed by atoms with E-state index >= 15 is 0 Å². The zero-order valence-corrected chi connectivity index (χ0v) is 12.8. The van der Waals surface area contributed by atoms with Gasteiger partial charge in [0, 0.05) is 18.0 Å². The Morgan fingerprint density at radius 1 is 0.636 bits per heavy atom. The summed E-state index contributed by atoms with van der Waals surface area (Å²) < 4.78 is 0. The average Bonchev–Trinajstić information content (AvgIpc) is 2.56. The third-order valence-corrected chi connectivity index (χ3v) is 3.56. The SMILES string of the molecule is Cc1ccc(/C=C/c2ncc(-c3ccc(C)cc3)cn2)cc1. The molecule has 1 aromatic heterocycles. The van der Waals surface area contributed by atoms with Crippen LogP contribution in [0.15, 0.2) is 60.9 Å². The first-order chi connectivity index (χ1) is 10.7. The van der Waals surface area contributed by atoms with E-state index in [-0.39, 0.29) is 0 Å². The largest absolute Gasteiger partial charge is 0.236 e. The first-order valence-corrected chi connectivity index (χ1v) is 7.34. The molecule has 0 unspecified atom stereocenters. The van der Waals surface area contributed by atoms with Crippen molar-refractivity contribution in [2.24, 2.45) is 0 Å². The first kappa shape index (κ1) is 14.2. The van der Waals surface area contributed by atoms with Crippen LogP contribution in [-0.4, -0.2) is 9.97 Å². The molecular formula is C20H18N2. The number of hydrogen-bond acceptors (Lipinski definition) is 2. The summed E-state index contributed by atoms with van der Waals surface area (Å²) in [6.07, 6.45) is 7.70. The Labute approximate surface area is 131 Å². The smallest absolute Gasteiger partial charge is 0.151 e. The Balaban J connectivity index is 1.76. The van der Waals surface area contributed by atoms with E-state index in [1.807, 2.05) is 24.5 Å².